The number of hydrogen-bond donors (Lipinski definition) is 8. The zero-order valence-corrected chi connectivity index (χ0v) is 37.5. The number of amides is 5. The van der Waals surface area contributed by atoms with Crippen LogP contribution in [0.3, 0.4) is 0 Å². The lowest BCUT2D eigenvalue weighted by Crippen LogP contribution is -2.46. The van der Waals surface area contributed by atoms with Gasteiger partial charge in [0.25, 0.3) is 0 Å². The third-order valence-electron chi connectivity index (χ3n) is 7.93. The van der Waals surface area contributed by atoms with Gasteiger partial charge in [-0.25, -0.2) is 0 Å². The first-order chi connectivity index (χ1) is 25.0. The van der Waals surface area contributed by atoms with Crippen molar-refractivity contribution in [2.45, 2.75) is 141 Å². The van der Waals surface area contributed by atoms with Gasteiger partial charge < -0.3 is 60.8 Å². The Bertz CT molecular complexity index is 1230. The Labute approximate surface area is 335 Å². The van der Waals surface area contributed by atoms with Crippen molar-refractivity contribution < 1.29 is 58.2 Å². The number of hydrogen-bond acceptors (Lipinski definition) is 12. The van der Waals surface area contributed by atoms with Crippen LogP contribution in [0.1, 0.15) is 129 Å². The van der Waals surface area contributed by atoms with Crippen LogP contribution >= 0.6 is 7.82 Å². The summed E-state index contributed by atoms with van der Waals surface area (Å²) < 4.78 is 14.6. The molecule has 0 aliphatic heterocycles. The van der Waals surface area contributed by atoms with Gasteiger partial charge in [0.1, 0.15) is 12.2 Å². The standard InChI is InChI=1S/C15H31N2O7P.C15H30N2O4.C8H17NO/c1-14(2,3)7-9-16-11(18)6-8-17-13(20)12(19)15(4,5)10-24-25(21,22)23;1-14(2,3)7-9-16-11(19)6-8-17-13(21)12(20)15(4,5)10-18;1-7(10)9-6-5-8(2,3)4/h12,19H,6-10H2,1-5H3,(H,16,18)(H,17,20)(H2,21,22,23);12,18,20H,6-10H2,1-5H3,(H,16,19)(H,17,21);5-6H2,1-4H3,(H,9,10)/p-2/t2*12-;/m11./s1. The van der Waals surface area contributed by atoms with Gasteiger partial charge in [-0.05, 0) is 35.5 Å². The van der Waals surface area contributed by atoms with Crippen molar-refractivity contribution in [3.8, 4) is 0 Å². The minimum atomic E-state index is -5.19. The van der Waals surface area contributed by atoms with Crippen LogP contribution in [0.4, 0.5) is 0 Å². The molecular weight excluding hydrogens is 749 g/mol. The second kappa shape index (κ2) is 26.4. The fourth-order valence-corrected chi connectivity index (χ4v) is 4.35. The maximum atomic E-state index is 11.9. The first-order valence-electron chi connectivity index (χ1n) is 19.0. The van der Waals surface area contributed by atoms with Gasteiger partial charge in [-0.1, -0.05) is 90.0 Å². The van der Waals surface area contributed by atoms with Crippen LogP contribution in [0.5, 0.6) is 0 Å². The van der Waals surface area contributed by atoms with Gasteiger partial charge in [-0.15, -0.1) is 0 Å². The summed E-state index contributed by atoms with van der Waals surface area (Å²) in [6.07, 6.45) is 0.0647. The van der Waals surface area contributed by atoms with E-state index in [9.17, 15) is 48.5 Å². The molecule has 56 heavy (non-hydrogen) atoms. The summed E-state index contributed by atoms with van der Waals surface area (Å²) in [5.74, 6) is -1.64. The predicted octanol–water partition coefficient (Wildman–Crippen LogP) is 1.26. The molecule has 332 valence electrons. The lowest BCUT2D eigenvalue weighted by molar-refractivity contribution is -0.343. The third kappa shape index (κ3) is 35.7. The fraction of sp³-hybridized carbons (Fsp3) is 0.868. The summed E-state index contributed by atoms with van der Waals surface area (Å²) >= 11 is 0. The van der Waals surface area contributed by atoms with Crippen LogP contribution < -0.4 is 36.4 Å². The van der Waals surface area contributed by atoms with Crippen LogP contribution in [0.25, 0.3) is 0 Å². The molecule has 18 heteroatoms. The summed E-state index contributed by atoms with van der Waals surface area (Å²) in [6.45, 7) is 27.7. The maximum absolute atomic E-state index is 11.9. The quantitative estimate of drug-likeness (QED) is 0.0806. The van der Waals surface area contributed by atoms with E-state index < -0.39 is 49.3 Å². The fourth-order valence-electron chi connectivity index (χ4n) is 3.86. The van der Waals surface area contributed by atoms with Gasteiger partial charge in [0.05, 0.1) is 21.0 Å². The Morgan fingerprint density at radius 3 is 1.18 bits per heavy atom. The molecule has 0 radical (unpaired) electrons. The average molecular weight is 826 g/mol. The van der Waals surface area contributed by atoms with E-state index in [2.05, 4.69) is 93.4 Å². The van der Waals surface area contributed by atoms with E-state index in [-0.39, 0.29) is 61.1 Å². The van der Waals surface area contributed by atoms with Crippen LogP contribution in [-0.4, -0.2) is 103 Å². The van der Waals surface area contributed by atoms with Crippen LogP contribution in [0, 0.1) is 27.1 Å². The van der Waals surface area contributed by atoms with Crippen LogP contribution in [0.15, 0.2) is 0 Å². The number of phosphoric ester groups is 1. The Kier molecular flexibility index (Phi) is 27.1. The van der Waals surface area contributed by atoms with E-state index in [1.807, 2.05) is 0 Å². The summed E-state index contributed by atoms with van der Waals surface area (Å²) in [5, 5.41) is 42.0. The van der Waals surface area contributed by atoms with Gasteiger partial charge in [0.15, 0.2) is 0 Å². The van der Waals surface area contributed by atoms with Crippen molar-refractivity contribution in [1.29, 1.82) is 0 Å². The second-order valence-corrected chi connectivity index (χ2v) is 20.0. The van der Waals surface area contributed by atoms with Crippen molar-refractivity contribution in [2.24, 2.45) is 27.1 Å². The average Bonchev–Trinajstić information content (AvgIpc) is 3.01. The minimum Gasteiger partial charge on any atom is -0.790 e. The lowest BCUT2D eigenvalue weighted by Gasteiger charge is -2.35. The highest BCUT2D eigenvalue weighted by atomic mass is 31.2. The van der Waals surface area contributed by atoms with E-state index in [4.69, 9.17) is 5.11 Å². The number of carbonyl (C=O) groups excluding carboxylic acids is 5. The predicted molar refractivity (Wildman–Crippen MR) is 212 cm³/mol. The number of rotatable bonds is 20. The van der Waals surface area contributed by atoms with E-state index in [0.29, 0.717) is 18.5 Å². The highest BCUT2D eigenvalue weighted by Crippen LogP contribution is 2.31. The molecule has 17 nitrogen and oxygen atoms in total. The molecule has 0 spiro atoms. The zero-order chi connectivity index (χ0) is 44.8. The molecule has 0 bridgehead atoms. The summed E-state index contributed by atoms with van der Waals surface area (Å²) in [4.78, 5) is 78.1. The number of nitrogens with one attached hydrogen (secondary N) is 5. The number of aliphatic hydroxyl groups excluding tert-OH is 3. The molecule has 0 heterocycles. The van der Waals surface area contributed by atoms with E-state index in [0.717, 1.165) is 25.8 Å². The van der Waals surface area contributed by atoms with Crippen molar-refractivity contribution in [2.75, 3.05) is 45.9 Å². The molecule has 0 aliphatic carbocycles. The monoisotopic (exact) mass is 826 g/mol. The summed E-state index contributed by atoms with van der Waals surface area (Å²) in [5.41, 5.74) is -1.59. The normalized spacial score (nSPS) is 13.4. The summed E-state index contributed by atoms with van der Waals surface area (Å²) in [6, 6.07) is 0. The molecule has 5 amide bonds. The lowest BCUT2D eigenvalue weighted by atomic mass is 9.87. The highest BCUT2D eigenvalue weighted by Gasteiger charge is 2.34. The van der Waals surface area contributed by atoms with E-state index in [1.165, 1.54) is 13.8 Å². The maximum Gasteiger partial charge on any atom is 0.249 e. The number of aliphatic hydroxyl groups is 3. The molecule has 0 aromatic carbocycles. The largest absolute Gasteiger partial charge is 0.790 e. The molecular formula is C38H76N5O12P-2. The zero-order valence-electron chi connectivity index (χ0n) is 36.6. The highest BCUT2D eigenvalue weighted by molar-refractivity contribution is 7.43. The van der Waals surface area contributed by atoms with Crippen molar-refractivity contribution in [3.63, 3.8) is 0 Å². The second-order valence-electron chi connectivity index (χ2n) is 18.9. The van der Waals surface area contributed by atoms with Gasteiger partial charge >= 0.3 is 0 Å². The van der Waals surface area contributed by atoms with Crippen molar-refractivity contribution in [3.05, 3.63) is 0 Å². The van der Waals surface area contributed by atoms with E-state index >= 15 is 0 Å². The SMILES string of the molecule is CC(=O)NCCC(C)(C)C.CC(C)(C)CCNC(=O)CCNC(=O)[C@@H](O)C(C)(C)CO.CC(C)(C)CCNC(=O)CCNC(=O)[C@@H](O)C(C)(C)COP(=O)([O-])[O-]. The Hall–Kier alpha value is -2.66. The van der Waals surface area contributed by atoms with Gasteiger partial charge in [0, 0.05) is 63.3 Å². The Morgan fingerprint density at radius 1 is 0.571 bits per heavy atom. The molecule has 0 aromatic rings. The molecule has 0 saturated carbocycles. The van der Waals surface area contributed by atoms with Crippen molar-refractivity contribution >= 4 is 37.4 Å². The number of carbonyl (C=O) groups is 5. The number of phosphoric acid groups is 1. The Morgan fingerprint density at radius 2 is 0.893 bits per heavy atom. The smallest absolute Gasteiger partial charge is 0.249 e. The van der Waals surface area contributed by atoms with Crippen LogP contribution in [0.2, 0.25) is 0 Å². The third-order valence-corrected chi connectivity index (χ3v) is 8.37. The Balaban J connectivity index is -0.000000817. The summed E-state index contributed by atoms with van der Waals surface area (Å²) in [7, 11) is -5.19. The molecule has 2 atom stereocenters. The topological polar surface area (TPSA) is 279 Å². The molecule has 0 unspecified atom stereocenters. The van der Waals surface area contributed by atoms with Gasteiger partial charge in [-0.3, -0.25) is 24.0 Å². The van der Waals surface area contributed by atoms with Gasteiger partial charge in [0.2, 0.25) is 29.5 Å². The molecule has 0 saturated heterocycles. The van der Waals surface area contributed by atoms with Crippen molar-refractivity contribution in [1.82, 2.24) is 26.6 Å². The molecule has 0 fully saturated rings. The van der Waals surface area contributed by atoms with Gasteiger partial charge in [-0.2, -0.15) is 0 Å². The molecule has 8 N–H and O–H groups in total. The first kappa shape index (κ1) is 57.7. The molecule has 0 rings (SSSR count). The molecule has 0 aromatic heterocycles. The minimum absolute atomic E-state index is 0.0236. The molecule has 0 aliphatic rings. The first-order valence-corrected chi connectivity index (χ1v) is 20.5. The van der Waals surface area contributed by atoms with E-state index in [1.54, 1.807) is 20.8 Å². The van der Waals surface area contributed by atoms with Crippen LogP contribution in [-0.2, 0) is 33.1 Å².